The summed E-state index contributed by atoms with van der Waals surface area (Å²) in [6.07, 6.45) is 0.675. The molecule has 2 unspecified atom stereocenters. The van der Waals surface area contributed by atoms with Crippen molar-refractivity contribution in [1.82, 2.24) is 4.90 Å². The van der Waals surface area contributed by atoms with Gasteiger partial charge in [0.1, 0.15) is 0 Å². The van der Waals surface area contributed by atoms with Gasteiger partial charge in [-0.25, -0.2) is 0 Å². The molecule has 2 aromatic carbocycles. The number of hydrogen-bond donors (Lipinski definition) is 1. The number of alkyl halides is 3. The van der Waals surface area contributed by atoms with Crippen molar-refractivity contribution < 1.29 is 18.0 Å². The number of carbonyl (C=O) groups is 1. The maximum Gasteiger partial charge on any atom is 0.416 e. The van der Waals surface area contributed by atoms with Gasteiger partial charge in [-0.2, -0.15) is 13.2 Å². The van der Waals surface area contributed by atoms with Crippen LogP contribution in [0.25, 0.3) is 0 Å². The molecule has 0 saturated carbocycles. The van der Waals surface area contributed by atoms with Crippen LogP contribution in [0.15, 0.2) is 48.5 Å². The molecule has 4 rings (SSSR count). The molecule has 2 fully saturated rings. The summed E-state index contributed by atoms with van der Waals surface area (Å²) in [5.74, 6) is -0.465. The van der Waals surface area contributed by atoms with Gasteiger partial charge in [0.2, 0.25) is 5.91 Å². The highest BCUT2D eigenvalue weighted by Gasteiger charge is 2.49. The Morgan fingerprint density at radius 3 is 2.64 bits per heavy atom. The molecule has 2 aliphatic rings. The predicted octanol–water partition coefficient (Wildman–Crippen LogP) is 4.85. The van der Waals surface area contributed by atoms with Gasteiger partial charge >= 0.3 is 6.18 Å². The standard InChI is InChI=1S/C22H23F3N2O/c23-22(24,25)18-7-1-4-15(12-18)14-27-19-8-3-10-21(27,11-9-19)17-6-2-5-16(13-17)20(26)28/h1-2,4-7,12-13,19H,3,8-11,14H2,(H2,26,28). The van der Waals surface area contributed by atoms with E-state index in [1.54, 1.807) is 12.1 Å². The number of nitrogens with zero attached hydrogens (tertiary/aromatic N) is 1. The molecule has 2 N–H and O–H groups in total. The molecule has 2 bridgehead atoms. The summed E-state index contributed by atoms with van der Waals surface area (Å²) in [6.45, 7) is 0.468. The van der Waals surface area contributed by atoms with Crippen molar-refractivity contribution >= 4 is 5.91 Å². The second kappa shape index (κ2) is 6.92. The average Bonchev–Trinajstić information content (AvgIpc) is 2.86. The van der Waals surface area contributed by atoms with Crippen LogP contribution in [0.3, 0.4) is 0 Å². The Labute approximate surface area is 162 Å². The van der Waals surface area contributed by atoms with E-state index in [1.807, 2.05) is 18.2 Å². The molecule has 2 aliphatic heterocycles. The van der Waals surface area contributed by atoms with Crippen LogP contribution in [0.2, 0.25) is 0 Å². The molecule has 0 radical (unpaired) electrons. The number of piperidine rings is 1. The van der Waals surface area contributed by atoms with E-state index in [2.05, 4.69) is 4.90 Å². The first-order valence-electron chi connectivity index (χ1n) is 9.63. The van der Waals surface area contributed by atoms with Crippen molar-refractivity contribution in [2.24, 2.45) is 5.73 Å². The quantitative estimate of drug-likeness (QED) is 0.814. The summed E-state index contributed by atoms with van der Waals surface area (Å²) in [7, 11) is 0. The lowest BCUT2D eigenvalue weighted by molar-refractivity contribution is -0.137. The summed E-state index contributed by atoms with van der Waals surface area (Å²) < 4.78 is 39.3. The Hall–Kier alpha value is -2.34. The smallest absolute Gasteiger partial charge is 0.366 e. The topological polar surface area (TPSA) is 46.3 Å². The van der Waals surface area contributed by atoms with Gasteiger partial charge in [-0.15, -0.1) is 0 Å². The zero-order chi connectivity index (χ0) is 19.9. The van der Waals surface area contributed by atoms with Crippen molar-refractivity contribution in [2.75, 3.05) is 0 Å². The second-order valence-electron chi connectivity index (χ2n) is 7.89. The molecule has 0 aliphatic carbocycles. The van der Waals surface area contributed by atoms with Crippen LogP contribution in [-0.2, 0) is 18.3 Å². The highest BCUT2D eigenvalue weighted by atomic mass is 19.4. The van der Waals surface area contributed by atoms with Gasteiger partial charge in [-0.1, -0.05) is 30.3 Å². The fourth-order valence-electron chi connectivity index (χ4n) is 4.99. The van der Waals surface area contributed by atoms with Crippen LogP contribution in [-0.4, -0.2) is 16.8 Å². The van der Waals surface area contributed by atoms with Crippen molar-refractivity contribution in [3.63, 3.8) is 0 Å². The predicted molar refractivity (Wildman–Crippen MR) is 100 cm³/mol. The Balaban J connectivity index is 1.70. The third kappa shape index (κ3) is 3.30. The molecule has 148 valence electrons. The SMILES string of the molecule is NC(=O)c1cccc(C23CCCC(CC2)N3Cc2cccc(C(F)(F)F)c2)c1. The normalized spacial score (nSPS) is 25.0. The van der Waals surface area contributed by atoms with Crippen LogP contribution < -0.4 is 5.73 Å². The van der Waals surface area contributed by atoms with Crippen molar-refractivity contribution in [1.29, 1.82) is 0 Å². The highest BCUT2D eigenvalue weighted by Crippen LogP contribution is 2.51. The number of halogens is 3. The lowest BCUT2D eigenvalue weighted by Crippen LogP contribution is -2.47. The molecular formula is C22H23F3N2O. The lowest BCUT2D eigenvalue weighted by atomic mass is 9.80. The molecular weight excluding hydrogens is 365 g/mol. The summed E-state index contributed by atoms with van der Waals surface area (Å²) in [4.78, 5) is 14.0. The average molecular weight is 388 g/mol. The number of fused-ring (bicyclic) bond motifs is 2. The van der Waals surface area contributed by atoms with Crippen LogP contribution in [0.4, 0.5) is 13.2 Å². The second-order valence-corrected chi connectivity index (χ2v) is 7.89. The molecule has 2 heterocycles. The number of hydrogen-bond acceptors (Lipinski definition) is 2. The van der Waals surface area contributed by atoms with Gasteiger partial charge in [-0.3, -0.25) is 9.69 Å². The van der Waals surface area contributed by atoms with Gasteiger partial charge < -0.3 is 5.73 Å². The van der Waals surface area contributed by atoms with Gasteiger partial charge in [0, 0.05) is 23.7 Å². The van der Waals surface area contributed by atoms with Crippen LogP contribution in [0.5, 0.6) is 0 Å². The zero-order valence-corrected chi connectivity index (χ0v) is 15.5. The van der Waals surface area contributed by atoms with E-state index in [4.69, 9.17) is 5.73 Å². The van der Waals surface area contributed by atoms with Crippen LogP contribution in [0.1, 0.15) is 59.2 Å². The minimum absolute atomic E-state index is 0.247. The Morgan fingerprint density at radius 1 is 1.11 bits per heavy atom. The van der Waals surface area contributed by atoms with Crippen molar-refractivity contribution in [3.8, 4) is 0 Å². The number of nitrogens with two attached hydrogens (primary N) is 1. The lowest BCUT2D eigenvalue weighted by Gasteiger charge is -2.45. The summed E-state index contributed by atoms with van der Waals surface area (Å²) in [5, 5.41) is 0. The molecule has 2 aromatic rings. The van der Waals surface area contributed by atoms with Crippen LogP contribution in [0, 0.1) is 0 Å². The maximum absolute atomic E-state index is 13.1. The molecule has 28 heavy (non-hydrogen) atoms. The monoisotopic (exact) mass is 388 g/mol. The molecule has 2 saturated heterocycles. The molecule has 3 nitrogen and oxygen atoms in total. The van der Waals surface area contributed by atoms with E-state index in [0.29, 0.717) is 23.7 Å². The van der Waals surface area contributed by atoms with E-state index in [9.17, 15) is 18.0 Å². The van der Waals surface area contributed by atoms with E-state index in [0.717, 1.165) is 43.7 Å². The number of carbonyl (C=O) groups excluding carboxylic acids is 1. The first kappa shape index (κ1) is 19.0. The fraction of sp³-hybridized carbons (Fsp3) is 0.409. The fourth-order valence-corrected chi connectivity index (χ4v) is 4.99. The van der Waals surface area contributed by atoms with E-state index in [1.165, 1.54) is 12.1 Å². The van der Waals surface area contributed by atoms with Gasteiger partial charge in [0.15, 0.2) is 0 Å². The largest absolute Gasteiger partial charge is 0.416 e. The third-order valence-corrected chi connectivity index (χ3v) is 6.30. The molecule has 2 atom stereocenters. The van der Waals surface area contributed by atoms with Crippen molar-refractivity contribution in [2.45, 2.75) is 56.4 Å². The van der Waals surface area contributed by atoms with Gasteiger partial charge in [0.25, 0.3) is 0 Å². The zero-order valence-electron chi connectivity index (χ0n) is 15.5. The first-order chi connectivity index (χ1) is 13.3. The number of benzene rings is 2. The van der Waals surface area contributed by atoms with Crippen molar-refractivity contribution in [3.05, 3.63) is 70.8 Å². The maximum atomic E-state index is 13.1. The van der Waals surface area contributed by atoms with Gasteiger partial charge in [-0.05, 0) is 61.4 Å². The van der Waals surface area contributed by atoms with Crippen LogP contribution >= 0.6 is 0 Å². The minimum atomic E-state index is -4.34. The first-order valence-corrected chi connectivity index (χ1v) is 9.63. The molecule has 1 amide bonds. The Bertz CT molecular complexity index is 891. The molecule has 0 aromatic heterocycles. The molecule has 6 heteroatoms. The third-order valence-electron chi connectivity index (χ3n) is 6.30. The molecule has 0 spiro atoms. The van der Waals surface area contributed by atoms with E-state index in [-0.39, 0.29) is 5.54 Å². The highest BCUT2D eigenvalue weighted by molar-refractivity contribution is 5.92. The Morgan fingerprint density at radius 2 is 1.89 bits per heavy atom. The summed E-state index contributed by atoms with van der Waals surface area (Å²) in [6, 6.07) is 13.4. The van der Waals surface area contributed by atoms with Gasteiger partial charge in [0.05, 0.1) is 5.56 Å². The summed E-state index contributed by atoms with van der Waals surface area (Å²) >= 11 is 0. The van der Waals surface area contributed by atoms with E-state index >= 15 is 0 Å². The number of primary amides is 1. The minimum Gasteiger partial charge on any atom is -0.366 e. The number of rotatable bonds is 4. The summed E-state index contributed by atoms with van der Waals surface area (Å²) in [5.41, 5.74) is 6.78. The van der Waals surface area contributed by atoms with E-state index < -0.39 is 17.6 Å². The number of amides is 1. The Kier molecular flexibility index (Phi) is 4.70.